The van der Waals surface area contributed by atoms with Crippen LogP contribution in [-0.2, 0) is 0 Å². The monoisotopic (exact) mass is 370 g/mol. The first-order valence-electron chi connectivity index (χ1n) is 5.25. The van der Waals surface area contributed by atoms with Crippen LogP contribution in [0.3, 0.4) is 0 Å². The first-order valence-corrected chi connectivity index (χ1v) is 8.16. The molecule has 0 aliphatic heterocycles. The number of hydrogen-bond donors (Lipinski definition) is 0. The van der Waals surface area contributed by atoms with Crippen molar-refractivity contribution in [2.45, 2.75) is 36.9 Å². The van der Waals surface area contributed by atoms with E-state index in [-0.39, 0.29) is 0 Å². The first kappa shape index (κ1) is 12.4. The second kappa shape index (κ2) is 5.52. The van der Waals surface area contributed by atoms with Crippen LogP contribution in [0.25, 0.3) is 0 Å². The second-order valence-electron chi connectivity index (χ2n) is 4.12. The summed E-state index contributed by atoms with van der Waals surface area (Å²) in [6.07, 6.45) is 6.90. The molecule has 1 saturated carbocycles. The molecule has 0 bridgehead atoms. The number of rotatable bonds is 3. The highest BCUT2D eigenvalue weighted by Crippen LogP contribution is 2.43. The van der Waals surface area contributed by atoms with Gasteiger partial charge in [0.2, 0.25) is 0 Å². The SMILES string of the molecule is Clc1cc(C(Br)CC2CCCC2)sc1Br. The predicted octanol–water partition coefficient (Wildman–Crippen LogP) is 6.18. The van der Waals surface area contributed by atoms with Gasteiger partial charge in [-0.1, -0.05) is 53.2 Å². The number of halogens is 3. The van der Waals surface area contributed by atoms with Gasteiger partial charge in [0, 0.05) is 9.70 Å². The van der Waals surface area contributed by atoms with Crippen molar-refractivity contribution in [2.75, 3.05) is 0 Å². The third-order valence-electron chi connectivity index (χ3n) is 2.99. The fourth-order valence-corrected chi connectivity index (χ4v) is 4.85. The molecule has 1 atom stereocenters. The van der Waals surface area contributed by atoms with E-state index in [1.165, 1.54) is 37.0 Å². The Kier molecular flexibility index (Phi) is 4.57. The molecule has 0 radical (unpaired) electrons. The summed E-state index contributed by atoms with van der Waals surface area (Å²) in [6.45, 7) is 0. The van der Waals surface area contributed by atoms with Crippen molar-refractivity contribution in [2.24, 2.45) is 5.92 Å². The van der Waals surface area contributed by atoms with E-state index in [2.05, 4.69) is 37.9 Å². The van der Waals surface area contributed by atoms with Gasteiger partial charge in [-0.05, 0) is 34.3 Å². The lowest BCUT2D eigenvalue weighted by atomic mass is 10.0. The maximum absolute atomic E-state index is 6.03. The van der Waals surface area contributed by atoms with Crippen LogP contribution in [0.15, 0.2) is 9.85 Å². The van der Waals surface area contributed by atoms with E-state index in [9.17, 15) is 0 Å². The van der Waals surface area contributed by atoms with Crippen molar-refractivity contribution in [3.8, 4) is 0 Å². The molecule has 0 nitrogen and oxygen atoms in total. The van der Waals surface area contributed by atoms with E-state index in [0.717, 1.165) is 14.7 Å². The topological polar surface area (TPSA) is 0 Å². The summed E-state index contributed by atoms with van der Waals surface area (Å²) < 4.78 is 1.05. The summed E-state index contributed by atoms with van der Waals surface area (Å²) >= 11 is 15.0. The standard InChI is InChI=1S/C11H13Br2ClS/c12-8(5-7-3-1-2-4-7)10-6-9(14)11(13)15-10/h6-8H,1-5H2. The minimum absolute atomic E-state index is 0.481. The van der Waals surface area contributed by atoms with E-state index in [4.69, 9.17) is 11.6 Å². The van der Waals surface area contributed by atoms with Crippen LogP contribution in [0.1, 0.15) is 41.8 Å². The van der Waals surface area contributed by atoms with Gasteiger partial charge in [0.1, 0.15) is 0 Å². The van der Waals surface area contributed by atoms with Gasteiger partial charge in [-0.3, -0.25) is 0 Å². The Morgan fingerprint density at radius 2 is 2.13 bits per heavy atom. The lowest BCUT2D eigenvalue weighted by molar-refractivity contribution is 0.504. The van der Waals surface area contributed by atoms with Gasteiger partial charge < -0.3 is 0 Å². The molecule has 0 amide bonds. The van der Waals surface area contributed by atoms with Gasteiger partial charge in [0.05, 0.1) is 8.81 Å². The first-order chi connectivity index (χ1) is 7.16. The Bertz CT molecular complexity index is 312. The molecule has 2 rings (SSSR count). The Balaban J connectivity index is 1.97. The van der Waals surface area contributed by atoms with Crippen molar-refractivity contribution in [1.29, 1.82) is 0 Å². The summed E-state index contributed by atoms with van der Waals surface area (Å²) in [6, 6.07) is 2.07. The molecule has 4 heteroatoms. The predicted molar refractivity (Wildman–Crippen MR) is 75.3 cm³/mol. The van der Waals surface area contributed by atoms with Crippen molar-refractivity contribution >= 4 is 54.8 Å². The molecule has 15 heavy (non-hydrogen) atoms. The summed E-state index contributed by atoms with van der Waals surface area (Å²) in [5.74, 6) is 0.911. The van der Waals surface area contributed by atoms with Crippen molar-refractivity contribution in [1.82, 2.24) is 0 Å². The van der Waals surface area contributed by atoms with Gasteiger partial charge in [0.15, 0.2) is 0 Å². The minimum Gasteiger partial charge on any atom is -0.130 e. The van der Waals surface area contributed by atoms with Crippen LogP contribution in [0.4, 0.5) is 0 Å². The van der Waals surface area contributed by atoms with Crippen molar-refractivity contribution in [3.05, 3.63) is 19.8 Å². The molecule has 1 fully saturated rings. The molecule has 84 valence electrons. The summed E-state index contributed by atoms with van der Waals surface area (Å²) in [7, 11) is 0. The molecule has 0 saturated heterocycles. The number of alkyl halides is 1. The zero-order valence-electron chi connectivity index (χ0n) is 8.31. The maximum atomic E-state index is 6.03. The zero-order valence-corrected chi connectivity index (χ0v) is 13.1. The maximum Gasteiger partial charge on any atom is 0.0887 e. The van der Waals surface area contributed by atoms with E-state index in [1.54, 1.807) is 11.3 Å². The Hall–Kier alpha value is 0.950. The van der Waals surface area contributed by atoms with Gasteiger partial charge >= 0.3 is 0 Å². The second-order valence-corrected chi connectivity index (χ2v) is 8.04. The average Bonchev–Trinajstić information content (AvgIpc) is 2.78. The fourth-order valence-electron chi connectivity index (χ4n) is 2.17. The lowest BCUT2D eigenvalue weighted by Crippen LogP contribution is -1.97. The number of hydrogen-bond acceptors (Lipinski definition) is 1. The molecule has 1 aromatic heterocycles. The van der Waals surface area contributed by atoms with Gasteiger partial charge in [-0.25, -0.2) is 0 Å². The fraction of sp³-hybridized carbons (Fsp3) is 0.636. The molecule has 1 aromatic rings. The molecular weight excluding hydrogens is 359 g/mol. The summed E-state index contributed by atoms with van der Waals surface area (Å²) in [5, 5.41) is 0.839. The van der Waals surface area contributed by atoms with Crippen LogP contribution in [-0.4, -0.2) is 0 Å². The van der Waals surface area contributed by atoms with E-state index < -0.39 is 0 Å². The van der Waals surface area contributed by atoms with E-state index in [1.807, 2.05) is 0 Å². The third-order valence-corrected chi connectivity index (χ3v) is 6.75. The van der Waals surface area contributed by atoms with Crippen LogP contribution < -0.4 is 0 Å². The summed E-state index contributed by atoms with van der Waals surface area (Å²) in [4.78, 5) is 1.83. The Morgan fingerprint density at radius 1 is 1.47 bits per heavy atom. The highest BCUT2D eigenvalue weighted by molar-refractivity contribution is 9.11. The van der Waals surface area contributed by atoms with Crippen LogP contribution >= 0.6 is 54.8 Å². The molecule has 0 aromatic carbocycles. The molecule has 1 unspecified atom stereocenters. The van der Waals surface area contributed by atoms with Crippen LogP contribution in [0.5, 0.6) is 0 Å². The van der Waals surface area contributed by atoms with E-state index >= 15 is 0 Å². The van der Waals surface area contributed by atoms with Gasteiger partial charge in [0.25, 0.3) is 0 Å². The Labute approximate surface area is 117 Å². The quantitative estimate of drug-likeness (QED) is 0.556. The smallest absolute Gasteiger partial charge is 0.0887 e. The summed E-state index contributed by atoms with van der Waals surface area (Å²) in [5.41, 5.74) is 0. The highest BCUT2D eigenvalue weighted by atomic mass is 79.9. The Morgan fingerprint density at radius 3 is 2.67 bits per heavy atom. The zero-order chi connectivity index (χ0) is 10.8. The highest BCUT2D eigenvalue weighted by Gasteiger charge is 2.21. The van der Waals surface area contributed by atoms with Crippen LogP contribution in [0, 0.1) is 5.92 Å². The van der Waals surface area contributed by atoms with E-state index in [0.29, 0.717) is 4.83 Å². The molecule has 0 spiro atoms. The molecule has 0 N–H and O–H groups in total. The third kappa shape index (κ3) is 3.21. The molecule has 1 aliphatic carbocycles. The minimum atomic E-state index is 0.481. The lowest BCUT2D eigenvalue weighted by Gasteiger charge is -2.12. The molecular formula is C11H13Br2ClS. The normalized spacial score (nSPS) is 19.7. The number of thiophene rings is 1. The molecule has 1 heterocycles. The van der Waals surface area contributed by atoms with Crippen molar-refractivity contribution < 1.29 is 0 Å². The van der Waals surface area contributed by atoms with Gasteiger partial charge in [-0.15, -0.1) is 11.3 Å². The van der Waals surface area contributed by atoms with Crippen LogP contribution in [0.2, 0.25) is 5.02 Å². The van der Waals surface area contributed by atoms with Gasteiger partial charge in [-0.2, -0.15) is 0 Å². The molecule has 1 aliphatic rings. The largest absolute Gasteiger partial charge is 0.130 e. The average molecular weight is 373 g/mol. The van der Waals surface area contributed by atoms with Crippen molar-refractivity contribution in [3.63, 3.8) is 0 Å².